The summed E-state index contributed by atoms with van der Waals surface area (Å²) in [7, 11) is 0. The van der Waals surface area contributed by atoms with E-state index in [0.29, 0.717) is 18.6 Å². The summed E-state index contributed by atoms with van der Waals surface area (Å²) in [6, 6.07) is 3.95. The molecular weight excluding hydrogens is 195 g/mol. The van der Waals surface area contributed by atoms with Gasteiger partial charge in [-0.2, -0.15) is 0 Å². The second kappa shape index (κ2) is 5.96. The van der Waals surface area contributed by atoms with Crippen molar-refractivity contribution in [2.24, 2.45) is 0 Å². The average Bonchev–Trinajstić information content (AvgIpc) is 2.23. The highest BCUT2D eigenvalue weighted by Gasteiger charge is 2.00. The number of ether oxygens (including phenoxy) is 1. The van der Waals surface area contributed by atoms with Crippen molar-refractivity contribution in [2.45, 2.75) is 12.8 Å². The van der Waals surface area contributed by atoms with E-state index in [0.717, 1.165) is 12.8 Å². The minimum Gasteiger partial charge on any atom is -0.493 e. The Labute approximate surface area is 88.4 Å². The predicted octanol–water partition coefficient (Wildman–Crippen LogP) is 2.98. The summed E-state index contributed by atoms with van der Waals surface area (Å²) in [5.41, 5.74) is 0.286. The van der Waals surface area contributed by atoms with Crippen molar-refractivity contribution in [1.29, 1.82) is 0 Å². The molecule has 0 N–H and O–H groups in total. The van der Waals surface area contributed by atoms with Crippen LogP contribution in [0.5, 0.6) is 5.75 Å². The molecule has 0 unspecified atom stereocenters. The molecule has 2 nitrogen and oxygen atoms in total. The summed E-state index contributed by atoms with van der Waals surface area (Å²) in [5, 5.41) is 0. The third-order valence-corrected chi connectivity index (χ3v) is 1.85. The van der Waals surface area contributed by atoms with Crippen LogP contribution in [-0.2, 0) is 0 Å². The van der Waals surface area contributed by atoms with Gasteiger partial charge in [0.1, 0.15) is 17.9 Å². The smallest absolute Gasteiger partial charge is 0.150 e. The lowest BCUT2D eigenvalue weighted by Gasteiger charge is -2.05. The van der Waals surface area contributed by atoms with Gasteiger partial charge < -0.3 is 4.74 Å². The summed E-state index contributed by atoms with van der Waals surface area (Å²) in [6.45, 7) is 4.08. The van der Waals surface area contributed by atoms with Crippen LogP contribution in [0, 0.1) is 5.82 Å². The van der Waals surface area contributed by atoms with E-state index in [2.05, 4.69) is 6.58 Å². The minimum atomic E-state index is -0.460. The molecule has 0 bridgehead atoms. The number of carbonyl (C=O) groups excluding carboxylic acids is 1. The highest BCUT2D eigenvalue weighted by atomic mass is 19.1. The molecule has 0 aromatic heterocycles. The first-order valence-corrected chi connectivity index (χ1v) is 4.75. The standard InChI is InChI=1S/C12H13FO2/c1-2-3-4-5-15-12-7-10(9-14)6-11(13)8-12/h2,6-9H,1,3-5H2. The topological polar surface area (TPSA) is 26.3 Å². The number of hydrogen-bond acceptors (Lipinski definition) is 2. The molecule has 80 valence electrons. The van der Waals surface area contributed by atoms with Crippen molar-refractivity contribution in [3.8, 4) is 5.75 Å². The van der Waals surface area contributed by atoms with E-state index in [-0.39, 0.29) is 5.56 Å². The number of hydrogen-bond donors (Lipinski definition) is 0. The summed E-state index contributed by atoms with van der Waals surface area (Å²) in [6.07, 6.45) is 4.08. The van der Waals surface area contributed by atoms with Crippen molar-refractivity contribution >= 4 is 6.29 Å². The maximum atomic E-state index is 12.9. The van der Waals surface area contributed by atoms with Crippen LogP contribution in [0.25, 0.3) is 0 Å². The fourth-order valence-corrected chi connectivity index (χ4v) is 1.15. The molecule has 0 saturated heterocycles. The highest BCUT2D eigenvalue weighted by Crippen LogP contribution is 2.15. The Bertz CT molecular complexity index is 347. The van der Waals surface area contributed by atoms with Gasteiger partial charge in [0.15, 0.2) is 0 Å². The summed E-state index contributed by atoms with van der Waals surface area (Å²) < 4.78 is 18.2. The first-order chi connectivity index (χ1) is 7.26. The first kappa shape index (κ1) is 11.4. The molecule has 1 aromatic carbocycles. The molecule has 3 heteroatoms. The number of aldehydes is 1. The Hall–Kier alpha value is -1.64. The fourth-order valence-electron chi connectivity index (χ4n) is 1.15. The maximum absolute atomic E-state index is 12.9. The third kappa shape index (κ3) is 3.94. The van der Waals surface area contributed by atoms with E-state index < -0.39 is 5.82 Å². The Balaban J connectivity index is 2.56. The lowest BCUT2D eigenvalue weighted by atomic mass is 10.2. The van der Waals surface area contributed by atoms with Crippen LogP contribution < -0.4 is 4.74 Å². The Morgan fingerprint density at radius 1 is 1.40 bits per heavy atom. The molecule has 1 rings (SSSR count). The second-order valence-corrected chi connectivity index (χ2v) is 3.12. The highest BCUT2D eigenvalue weighted by molar-refractivity contribution is 5.75. The SMILES string of the molecule is C=CCCCOc1cc(F)cc(C=O)c1. The van der Waals surface area contributed by atoms with Gasteiger partial charge in [0.05, 0.1) is 6.61 Å². The van der Waals surface area contributed by atoms with Crippen LogP contribution in [0.1, 0.15) is 23.2 Å². The van der Waals surface area contributed by atoms with Gasteiger partial charge in [-0.05, 0) is 25.0 Å². The molecule has 0 amide bonds. The molecule has 0 spiro atoms. The number of benzene rings is 1. The molecule has 0 heterocycles. The van der Waals surface area contributed by atoms with Crippen LogP contribution in [0.15, 0.2) is 30.9 Å². The Morgan fingerprint density at radius 3 is 2.87 bits per heavy atom. The van der Waals surface area contributed by atoms with Gasteiger partial charge in [0.2, 0.25) is 0 Å². The van der Waals surface area contributed by atoms with Crippen molar-refractivity contribution in [3.63, 3.8) is 0 Å². The molecular formula is C12H13FO2. The van der Waals surface area contributed by atoms with Crippen LogP contribution in [0.3, 0.4) is 0 Å². The van der Waals surface area contributed by atoms with Gasteiger partial charge in [-0.25, -0.2) is 4.39 Å². The molecule has 0 saturated carbocycles. The monoisotopic (exact) mass is 208 g/mol. The van der Waals surface area contributed by atoms with Crippen molar-refractivity contribution < 1.29 is 13.9 Å². The zero-order chi connectivity index (χ0) is 11.1. The molecule has 0 aliphatic carbocycles. The zero-order valence-electron chi connectivity index (χ0n) is 8.41. The first-order valence-electron chi connectivity index (χ1n) is 4.75. The number of unbranched alkanes of at least 4 members (excludes halogenated alkanes) is 1. The third-order valence-electron chi connectivity index (χ3n) is 1.85. The molecule has 0 radical (unpaired) electrons. The molecule has 1 aromatic rings. The quantitative estimate of drug-likeness (QED) is 0.408. The van der Waals surface area contributed by atoms with Crippen LogP contribution in [-0.4, -0.2) is 12.9 Å². The lowest BCUT2D eigenvalue weighted by Crippen LogP contribution is -1.97. The maximum Gasteiger partial charge on any atom is 0.150 e. The summed E-state index contributed by atoms with van der Waals surface area (Å²) in [5.74, 6) is -0.0699. The van der Waals surface area contributed by atoms with E-state index in [4.69, 9.17) is 4.74 Å². The largest absolute Gasteiger partial charge is 0.493 e. The second-order valence-electron chi connectivity index (χ2n) is 3.12. The number of rotatable bonds is 6. The van der Waals surface area contributed by atoms with Crippen molar-refractivity contribution in [3.05, 3.63) is 42.2 Å². The van der Waals surface area contributed by atoms with Gasteiger partial charge in [0, 0.05) is 11.6 Å². The van der Waals surface area contributed by atoms with Crippen molar-refractivity contribution in [2.75, 3.05) is 6.61 Å². The van der Waals surface area contributed by atoms with E-state index in [9.17, 15) is 9.18 Å². The Morgan fingerprint density at radius 2 is 2.20 bits per heavy atom. The van der Waals surface area contributed by atoms with Crippen LogP contribution in [0.2, 0.25) is 0 Å². The predicted molar refractivity (Wildman–Crippen MR) is 56.7 cm³/mol. The summed E-state index contributed by atoms with van der Waals surface area (Å²) >= 11 is 0. The summed E-state index contributed by atoms with van der Waals surface area (Å²) in [4.78, 5) is 10.5. The van der Waals surface area contributed by atoms with E-state index >= 15 is 0 Å². The Kier molecular flexibility index (Phi) is 4.54. The van der Waals surface area contributed by atoms with Gasteiger partial charge in [0.25, 0.3) is 0 Å². The van der Waals surface area contributed by atoms with E-state index in [1.807, 2.05) is 0 Å². The number of carbonyl (C=O) groups is 1. The van der Waals surface area contributed by atoms with Gasteiger partial charge in [-0.3, -0.25) is 4.79 Å². The number of allylic oxidation sites excluding steroid dienone is 1. The van der Waals surface area contributed by atoms with Crippen LogP contribution >= 0.6 is 0 Å². The van der Waals surface area contributed by atoms with Crippen molar-refractivity contribution in [1.82, 2.24) is 0 Å². The molecule has 0 atom stereocenters. The van der Waals surface area contributed by atoms with Gasteiger partial charge in [-0.1, -0.05) is 6.08 Å². The minimum absolute atomic E-state index is 0.286. The van der Waals surface area contributed by atoms with Gasteiger partial charge in [-0.15, -0.1) is 6.58 Å². The normalized spacial score (nSPS) is 9.67. The zero-order valence-corrected chi connectivity index (χ0v) is 8.41. The fraction of sp³-hybridized carbons (Fsp3) is 0.250. The average molecular weight is 208 g/mol. The van der Waals surface area contributed by atoms with E-state index in [1.165, 1.54) is 18.2 Å². The number of halogens is 1. The molecule has 0 aliphatic rings. The van der Waals surface area contributed by atoms with Crippen LogP contribution in [0.4, 0.5) is 4.39 Å². The van der Waals surface area contributed by atoms with Gasteiger partial charge >= 0.3 is 0 Å². The molecule has 0 aliphatic heterocycles. The molecule has 0 fully saturated rings. The lowest BCUT2D eigenvalue weighted by molar-refractivity contribution is 0.112. The van der Waals surface area contributed by atoms with E-state index in [1.54, 1.807) is 6.08 Å². The molecule has 15 heavy (non-hydrogen) atoms.